The summed E-state index contributed by atoms with van der Waals surface area (Å²) in [6.07, 6.45) is 4.10. The standard InChI is InChI=1S/C29H31ClN4O2/c1-17(2)25-11-10-22(29(30)33-25)21-7-6-8-23-27(21)32-14-24(28(23)35-5)20-9-12-26(31-13-20)34-15-18(3)36-19(4)16-34/h6-14,17-19H,15-16H2,1-5H3/t18-,19+. The van der Waals surface area contributed by atoms with Gasteiger partial charge in [0.05, 0.1) is 24.8 Å². The number of morpholine rings is 1. The summed E-state index contributed by atoms with van der Waals surface area (Å²) >= 11 is 6.62. The van der Waals surface area contributed by atoms with E-state index in [9.17, 15) is 0 Å². The molecule has 0 aliphatic carbocycles. The Morgan fingerprint density at radius 3 is 2.36 bits per heavy atom. The molecule has 1 aromatic carbocycles. The molecular weight excluding hydrogens is 472 g/mol. The van der Waals surface area contributed by atoms with Crippen molar-refractivity contribution in [3.8, 4) is 28.0 Å². The molecule has 1 aliphatic rings. The van der Waals surface area contributed by atoms with Crippen molar-refractivity contribution in [2.75, 3.05) is 25.1 Å². The lowest BCUT2D eigenvalue weighted by molar-refractivity contribution is -0.00545. The van der Waals surface area contributed by atoms with Crippen LogP contribution < -0.4 is 9.64 Å². The van der Waals surface area contributed by atoms with Crippen LogP contribution in [0.4, 0.5) is 5.82 Å². The molecule has 5 rings (SSSR count). The Kier molecular flexibility index (Phi) is 6.82. The summed E-state index contributed by atoms with van der Waals surface area (Å²) in [5.74, 6) is 2.01. The van der Waals surface area contributed by atoms with Crippen LogP contribution in [0.1, 0.15) is 39.3 Å². The zero-order valence-corrected chi connectivity index (χ0v) is 22.1. The number of halogens is 1. The van der Waals surface area contributed by atoms with Crippen LogP contribution in [-0.4, -0.2) is 47.4 Å². The molecule has 1 fully saturated rings. The van der Waals surface area contributed by atoms with Crippen molar-refractivity contribution in [1.82, 2.24) is 15.0 Å². The van der Waals surface area contributed by atoms with Crippen LogP contribution in [0.15, 0.2) is 54.9 Å². The average molecular weight is 503 g/mol. The van der Waals surface area contributed by atoms with Gasteiger partial charge in [-0.3, -0.25) is 4.98 Å². The van der Waals surface area contributed by atoms with Crippen molar-refractivity contribution in [2.24, 2.45) is 0 Å². The van der Waals surface area contributed by atoms with Gasteiger partial charge in [-0.25, -0.2) is 9.97 Å². The molecule has 36 heavy (non-hydrogen) atoms. The minimum atomic E-state index is 0.180. The highest BCUT2D eigenvalue weighted by atomic mass is 35.5. The number of hydrogen-bond donors (Lipinski definition) is 0. The van der Waals surface area contributed by atoms with Gasteiger partial charge in [0.15, 0.2) is 0 Å². The number of fused-ring (bicyclic) bond motifs is 1. The Hall–Kier alpha value is -3.22. The van der Waals surface area contributed by atoms with Crippen LogP contribution in [0.5, 0.6) is 5.75 Å². The third-order valence-electron chi connectivity index (χ3n) is 6.61. The zero-order valence-electron chi connectivity index (χ0n) is 21.3. The van der Waals surface area contributed by atoms with Gasteiger partial charge >= 0.3 is 0 Å². The van der Waals surface area contributed by atoms with Crippen LogP contribution in [0.25, 0.3) is 33.2 Å². The van der Waals surface area contributed by atoms with E-state index >= 15 is 0 Å². The number of pyridine rings is 3. The minimum absolute atomic E-state index is 0.180. The maximum absolute atomic E-state index is 6.62. The first kappa shape index (κ1) is 24.5. The lowest BCUT2D eigenvalue weighted by Crippen LogP contribution is -2.45. The van der Waals surface area contributed by atoms with E-state index in [1.165, 1.54) is 0 Å². The Labute approximate surface area is 217 Å². The van der Waals surface area contributed by atoms with E-state index in [1.807, 2.05) is 42.7 Å². The third-order valence-corrected chi connectivity index (χ3v) is 6.89. The van der Waals surface area contributed by atoms with E-state index in [0.29, 0.717) is 11.1 Å². The molecule has 0 saturated carbocycles. The summed E-state index contributed by atoms with van der Waals surface area (Å²) in [6.45, 7) is 10.1. The molecule has 186 valence electrons. The summed E-state index contributed by atoms with van der Waals surface area (Å²) in [7, 11) is 1.69. The SMILES string of the molecule is COc1c(-c2ccc(N3C[C@@H](C)O[C@@H](C)C3)nc2)cnc2c(-c3ccc(C(C)C)nc3Cl)cccc12. The molecule has 6 nitrogen and oxygen atoms in total. The van der Waals surface area contributed by atoms with Gasteiger partial charge < -0.3 is 14.4 Å². The van der Waals surface area contributed by atoms with Crippen molar-refractivity contribution in [1.29, 1.82) is 0 Å². The fourth-order valence-electron chi connectivity index (χ4n) is 4.91. The highest BCUT2D eigenvalue weighted by Gasteiger charge is 2.23. The van der Waals surface area contributed by atoms with E-state index in [1.54, 1.807) is 7.11 Å². The number of anilines is 1. The number of aromatic nitrogens is 3. The summed E-state index contributed by atoms with van der Waals surface area (Å²) in [5, 5.41) is 1.39. The first-order chi connectivity index (χ1) is 17.4. The Balaban J connectivity index is 1.53. The van der Waals surface area contributed by atoms with Gasteiger partial charge in [-0.2, -0.15) is 0 Å². The molecule has 2 atom stereocenters. The molecule has 0 N–H and O–H groups in total. The average Bonchev–Trinajstić information content (AvgIpc) is 2.87. The van der Waals surface area contributed by atoms with E-state index in [4.69, 9.17) is 31.0 Å². The smallest absolute Gasteiger partial charge is 0.137 e. The van der Waals surface area contributed by atoms with Crippen LogP contribution in [-0.2, 0) is 4.74 Å². The molecule has 4 aromatic rings. The normalized spacial score (nSPS) is 18.1. The summed E-state index contributed by atoms with van der Waals surface area (Å²) in [6, 6.07) is 14.2. The van der Waals surface area contributed by atoms with Gasteiger partial charge in [0, 0.05) is 58.8 Å². The highest BCUT2D eigenvalue weighted by molar-refractivity contribution is 6.32. The molecular formula is C29H31ClN4O2. The van der Waals surface area contributed by atoms with Crippen molar-refractivity contribution in [3.63, 3.8) is 0 Å². The fraction of sp³-hybridized carbons (Fsp3) is 0.345. The van der Waals surface area contributed by atoms with E-state index in [2.05, 4.69) is 49.7 Å². The van der Waals surface area contributed by atoms with Crippen molar-refractivity contribution in [3.05, 3.63) is 65.7 Å². The number of hydrogen-bond acceptors (Lipinski definition) is 6. The van der Waals surface area contributed by atoms with Crippen LogP contribution in [0, 0.1) is 0 Å². The predicted octanol–water partition coefficient (Wildman–Crippen LogP) is 6.76. The van der Waals surface area contributed by atoms with Gasteiger partial charge in [-0.15, -0.1) is 0 Å². The Morgan fingerprint density at radius 2 is 1.72 bits per heavy atom. The summed E-state index contributed by atoms with van der Waals surface area (Å²) < 4.78 is 11.8. The number of ether oxygens (including phenoxy) is 2. The van der Waals surface area contributed by atoms with Crippen molar-refractivity contribution < 1.29 is 9.47 Å². The fourth-order valence-corrected chi connectivity index (χ4v) is 5.17. The highest BCUT2D eigenvalue weighted by Crippen LogP contribution is 2.40. The molecule has 0 unspecified atom stereocenters. The molecule has 1 saturated heterocycles. The van der Waals surface area contributed by atoms with E-state index in [0.717, 1.165) is 63.5 Å². The van der Waals surface area contributed by atoms with Crippen LogP contribution in [0.3, 0.4) is 0 Å². The second-order valence-corrected chi connectivity index (χ2v) is 10.1. The predicted molar refractivity (Wildman–Crippen MR) is 146 cm³/mol. The van der Waals surface area contributed by atoms with Crippen LogP contribution in [0.2, 0.25) is 5.15 Å². The van der Waals surface area contributed by atoms with Crippen molar-refractivity contribution in [2.45, 2.75) is 45.8 Å². The van der Waals surface area contributed by atoms with Crippen LogP contribution >= 0.6 is 11.6 Å². The topological polar surface area (TPSA) is 60.4 Å². The number of nitrogens with zero attached hydrogens (tertiary/aromatic N) is 4. The monoisotopic (exact) mass is 502 g/mol. The summed E-state index contributed by atoms with van der Waals surface area (Å²) in [4.78, 5) is 16.5. The molecule has 4 heterocycles. The number of para-hydroxylation sites is 1. The number of rotatable bonds is 5. The molecule has 1 aliphatic heterocycles. The van der Waals surface area contributed by atoms with Gasteiger partial charge in [0.25, 0.3) is 0 Å². The van der Waals surface area contributed by atoms with E-state index < -0.39 is 0 Å². The maximum atomic E-state index is 6.62. The first-order valence-electron chi connectivity index (χ1n) is 12.3. The Morgan fingerprint density at radius 1 is 0.944 bits per heavy atom. The molecule has 0 amide bonds. The van der Waals surface area contributed by atoms with E-state index in [-0.39, 0.29) is 12.2 Å². The number of methoxy groups -OCH3 is 1. The van der Waals surface area contributed by atoms with Crippen molar-refractivity contribution >= 4 is 28.3 Å². The van der Waals surface area contributed by atoms with Gasteiger partial charge in [0.2, 0.25) is 0 Å². The lowest BCUT2D eigenvalue weighted by atomic mass is 9.99. The summed E-state index contributed by atoms with van der Waals surface area (Å²) in [5.41, 5.74) is 5.41. The molecule has 0 bridgehead atoms. The molecule has 7 heteroatoms. The first-order valence-corrected chi connectivity index (χ1v) is 12.7. The quantitative estimate of drug-likeness (QED) is 0.281. The van der Waals surface area contributed by atoms with Gasteiger partial charge in [0.1, 0.15) is 16.7 Å². The van der Waals surface area contributed by atoms with Gasteiger partial charge in [-0.1, -0.05) is 37.6 Å². The molecule has 0 spiro atoms. The lowest BCUT2D eigenvalue weighted by Gasteiger charge is -2.36. The largest absolute Gasteiger partial charge is 0.495 e. The van der Waals surface area contributed by atoms with Gasteiger partial charge in [-0.05, 0) is 50.1 Å². The second kappa shape index (κ2) is 10.0. The zero-order chi connectivity index (χ0) is 25.4. The third kappa shape index (κ3) is 4.63. The minimum Gasteiger partial charge on any atom is -0.495 e. The molecule has 3 aromatic heterocycles. The maximum Gasteiger partial charge on any atom is 0.137 e. The Bertz CT molecular complexity index is 1380. The molecule has 0 radical (unpaired) electrons. The number of benzene rings is 1. The second-order valence-electron chi connectivity index (χ2n) is 9.70.